The maximum atomic E-state index is 12.6. The zero-order valence-electron chi connectivity index (χ0n) is 13.7. The molecule has 0 bridgehead atoms. The SMILES string of the molecule is CC(Sc1ccc([N+](=O)[O-])cc1)C(=O)N(C)C1CCCCCC1. The molecule has 1 aromatic carbocycles. The average Bonchev–Trinajstić information content (AvgIpc) is 2.83. The van der Waals surface area contributed by atoms with E-state index in [0.717, 1.165) is 17.7 Å². The second-order valence-electron chi connectivity index (χ2n) is 6.11. The summed E-state index contributed by atoms with van der Waals surface area (Å²) in [5.74, 6) is 0.139. The molecule has 1 aliphatic rings. The smallest absolute Gasteiger partial charge is 0.269 e. The molecule has 1 aliphatic carbocycles. The second-order valence-corrected chi connectivity index (χ2v) is 7.52. The Morgan fingerprint density at radius 2 is 1.78 bits per heavy atom. The third kappa shape index (κ3) is 4.96. The van der Waals surface area contributed by atoms with Gasteiger partial charge in [0.2, 0.25) is 5.91 Å². The van der Waals surface area contributed by atoms with Gasteiger partial charge in [-0.15, -0.1) is 11.8 Å². The van der Waals surface area contributed by atoms with Gasteiger partial charge in [0.25, 0.3) is 5.69 Å². The summed E-state index contributed by atoms with van der Waals surface area (Å²) < 4.78 is 0. The Morgan fingerprint density at radius 3 is 2.30 bits per heavy atom. The molecule has 23 heavy (non-hydrogen) atoms. The highest BCUT2D eigenvalue weighted by atomic mass is 32.2. The minimum absolute atomic E-state index is 0.0731. The quantitative estimate of drug-likeness (QED) is 0.349. The van der Waals surface area contributed by atoms with Crippen LogP contribution in [0.5, 0.6) is 0 Å². The standard InChI is InChI=1S/C17H24N2O3S/c1-13(23-16-11-9-15(10-12-16)19(21)22)17(20)18(2)14-7-5-3-4-6-8-14/h9-14H,3-8H2,1-2H3. The molecule has 1 fully saturated rings. The van der Waals surface area contributed by atoms with Crippen molar-refractivity contribution in [1.29, 1.82) is 0 Å². The molecule has 1 aromatic rings. The van der Waals surface area contributed by atoms with Crippen molar-refractivity contribution in [2.24, 2.45) is 0 Å². The molecule has 1 atom stereocenters. The highest BCUT2D eigenvalue weighted by Crippen LogP contribution is 2.28. The van der Waals surface area contributed by atoms with Crippen LogP contribution in [-0.4, -0.2) is 34.1 Å². The van der Waals surface area contributed by atoms with Crippen molar-refractivity contribution in [2.45, 2.75) is 61.6 Å². The zero-order chi connectivity index (χ0) is 16.8. The first kappa shape index (κ1) is 17.8. The maximum Gasteiger partial charge on any atom is 0.269 e. The number of rotatable bonds is 5. The van der Waals surface area contributed by atoms with Crippen molar-refractivity contribution in [2.75, 3.05) is 7.05 Å². The van der Waals surface area contributed by atoms with Gasteiger partial charge in [0.1, 0.15) is 0 Å². The van der Waals surface area contributed by atoms with Gasteiger partial charge < -0.3 is 4.90 Å². The number of hydrogen-bond acceptors (Lipinski definition) is 4. The van der Waals surface area contributed by atoms with Crippen molar-refractivity contribution in [3.63, 3.8) is 0 Å². The number of benzene rings is 1. The van der Waals surface area contributed by atoms with Crippen LogP contribution >= 0.6 is 11.8 Å². The lowest BCUT2D eigenvalue weighted by molar-refractivity contribution is -0.384. The van der Waals surface area contributed by atoms with Crippen LogP contribution in [0.25, 0.3) is 0 Å². The molecule has 0 aromatic heterocycles. The number of thioether (sulfide) groups is 1. The van der Waals surface area contributed by atoms with E-state index in [2.05, 4.69) is 0 Å². The summed E-state index contributed by atoms with van der Waals surface area (Å²) in [7, 11) is 1.91. The van der Waals surface area contributed by atoms with Gasteiger partial charge in [0.05, 0.1) is 10.2 Å². The molecule has 126 valence electrons. The molecular formula is C17H24N2O3S. The molecule has 0 spiro atoms. The van der Waals surface area contributed by atoms with Crippen molar-refractivity contribution in [1.82, 2.24) is 4.90 Å². The fraction of sp³-hybridized carbons (Fsp3) is 0.588. The van der Waals surface area contributed by atoms with E-state index in [1.54, 1.807) is 12.1 Å². The molecule has 0 N–H and O–H groups in total. The summed E-state index contributed by atoms with van der Waals surface area (Å²) in [5, 5.41) is 10.5. The van der Waals surface area contributed by atoms with E-state index in [-0.39, 0.29) is 16.8 Å². The Morgan fingerprint density at radius 1 is 1.22 bits per heavy atom. The van der Waals surface area contributed by atoms with Gasteiger partial charge in [-0.25, -0.2) is 0 Å². The van der Waals surface area contributed by atoms with E-state index in [9.17, 15) is 14.9 Å². The van der Waals surface area contributed by atoms with Crippen molar-refractivity contribution in [3.8, 4) is 0 Å². The second kappa shape index (κ2) is 8.34. The molecule has 1 saturated carbocycles. The summed E-state index contributed by atoms with van der Waals surface area (Å²) >= 11 is 1.46. The minimum Gasteiger partial charge on any atom is -0.342 e. The highest BCUT2D eigenvalue weighted by molar-refractivity contribution is 8.00. The summed E-state index contributed by atoms with van der Waals surface area (Å²) in [6, 6.07) is 6.73. The van der Waals surface area contributed by atoms with Gasteiger partial charge in [0.15, 0.2) is 0 Å². The van der Waals surface area contributed by atoms with Gasteiger partial charge >= 0.3 is 0 Å². The third-order valence-electron chi connectivity index (χ3n) is 4.43. The molecule has 6 heteroatoms. The van der Waals surface area contributed by atoms with Gasteiger partial charge in [-0.1, -0.05) is 25.7 Å². The van der Waals surface area contributed by atoms with Crippen LogP contribution in [0.2, 0.25) is 0 Å². The summed E-state index contributed by atoms with van der Waals surface area (Å²) in [6.07, 6.45) is 7.13. The normalized spacial score (nSPS) is 17.3. The van der Waals surface area contributed by atoms with Gasteiger partial charge in [0, 0.05) is 30.1 Å². The monoisotopic (exact) mass is 336 g/mol. The number of amides is 1. The number of carbonyl (C=O) groups is 1. The van der Waals surface area contributed by atoms with E-state index in [1.165, 1.54) is 49.6 Å². The van der Waals surface area contributed by atoms with Crippen LogP contribution in [-0.2, 0) is 4.79 Å². The molecule has 1 amide bonds. The van der Waals surface area contributed by atoms with Gasteiger partial charge in [-0.2, -0.15) is 0 Å². The Bertz CT molecular complexity index is 539. The molecule has 0 saturated heterocycles. The fourth-order valence-corrected chi connectivity index (χ4v) is 3.98. The van der Waals surface area contributed by atoms with Gasteiger partial charge in [-0.3, -0.25) is 14.9 Å². The van der Waals surface area contributed by atoms with Crippen LogP contribution in [0, 0.1) is 10.1 Å². The fourth-order valence-electron chi connectivity index (χ4n) is 3.01. The molecule has 0 radical (unpaired) electrons. The van der Waals surface area contributed by atoms with Crippen molar-refractivity contribution in [3.05, 3.63) is 34.4 Å². The summed E-state index contributed by atoms with van der Waals surface area (Å²) in [4.78, 5) is 25.7. The van der Waals surface area contributed by atoms with E-state index >= 15 is 0 Å². The Balaban J connectivity index is 1.94. The first-order valence-electron chi connectivity index (χ1n) is 8.17. The molecule has 0 heterocycles. The topological polar surface area (TPSA) is 63.5 Å². The largest absolute Gasteiger partial charge is 0.342 e. The molecule has 0 aliphatic heterocycles. The Hall–Kier alpha value is -1.56. The molecule has 5 nitrogen and oxygen atoms in total. The maximum absolute atomic E-state index is 12.6. The van der Waals surface area contributed by atoms with Crippen LogP contribution in [0.15, 0.2) is 29.2 Å². The minimum atomic E-state index is -0.414. The van der Waals surface area contributed by atoms with Gasteiger partial charge in [-0.05, 0) is 31.9 Å². The van der Waals surface area contributed by atoms with Crippen molar-refractivity contribution < 1.29 is 9.72 Å². The van der Waals surface area contributed by atoms with E-state index in [0.29, 0.717) is 6.04 Å². The lowest BCUT2D eigenvalue weighted by atomic mass is 10.1. The highest BCUT2D eigenvalue weighted by Gasteiger charge is 2.25. The first-order valence-corrected chi connectivity index (χ1v) is 9.05. The van der Waals surface area contributed by atoms with E-state index in [1.807, 2.05) is 18.9 Å². The van der Waals surface area contributed by atoms with Crippen LogP contribution in [0.1, 0.15) is 45.4 Å². The number of nitrogens with zero attached hydrogens (tertiary/aromatic N) is 2. The summed E-state index contributed by atoms with van der Waals surface area (Å²) in [5.41, 5.74) is 0.0731. The van der Waals surface area contributed by atoms with E-state index < -0.39 is 4.92 Å². The average molecular weight is 336 g/mol. The predicted molar refractivity (Wildman–Crippen MR) is 92.7 cm³/mol. The first-order chi connectivity index (χ1) is 11.0. The number of hydrogen-bond donors (Lipinski definition) is 0. The predicted octanol–water partition coefficient (Wildman–Crippen LogP) is 4.26. The van der Waals surface area contributed by atoms with Crippen molar-refractivity contribution >= 4 is 23.4 Å². The molecule has 1 unspecified atom stereocenters. The number of carbonyl (C=O) groups excluding carboxylic acids is 1. The number of nitro groups is 1. The molecule has 2 rings (SSSR count). The Kier molecular flexibility index (Phi) is 6.45. The lowest BCUT2D eigenvalue weighted by Crippen LogP contribution is -2.40. The Labute approximate surface area is 141 Å². The zero-order valence-corrected chi connectivity index (χ0v) is 14.6. The number of nitro benzene ring substituents is 1. The molecular weight excluding hydrogens is 312 g/mol. The lowest BCUT2D eigenvalue weighted by Gasteiger charge is -2.29. The van der Waals surface area contributed by atoms with Crippen LogP contribution in [0.4, 0.5) is 5.69 Å². The van der Waals surface area contributed by atoms with E-state index in [4.69, 9.17) is 0 Å². The summed E-state index contributed by atoms with van der Waals surface area (Å²) in [6.45, 7) is 1.90. The number of non-ortho nitro benzene ring substituents is 1. The van der Waals surface area contributed by atoms with Crippen LogP contribution < -0.4 is 0 Å². The van der Waals surface area contributed by atoms with Crippen LogP contribution in [0.3, 0.4) is 0 Å². The third-order valence-corrected chi connectivity index (χ3v) is 5.53.